The van der Waals surface area contributed by atoms with Gasteiger partial charge in [0.05, 0.1) is 11.8 Å². The number of hydrogen-bond acceptors (Lipinski definition) is 4. The third-order valence-corrected chi connectivity index (χ3v) is 5.20. The van der Waals surface area contributed by atoms with E-state index in [2.05, 4.69) is 5.32 Å². The number of amides is 3. The molecule has 1 aromatic rings. The molecule has 2 aliphatic heterocycles. The van der Waals surface area contributed by atoms with Gasteiger partial charge in [0.15, 0.2) is 0 Å². The normalized spacial score (nSPS) is 23.2. The Morgan fingerprint density at radius 2 is 2.04 bits per heavy atom. The SMILES string of the molecule is CN(C)C(=O)[C@@H]1CSCN1C(=O)[C@@H]1CC(=O)Nc2ccccc21. The third kappa shape index (κ3) is 2.93. The molecule has 2 atom stereocenters. The maximum absolute atomic E-state index is 13.0. The highest BCUT2D eigenvalue weighted by atomic mass is 32.2. The van der Waals surface area contributed by atoms with E-state index in [-0.39, 0.29) is 24.1 Å². The lowest BCUT2D eigenvalue weighted by Crippen LogP contribution is -2.49. The lowest BCUT2D eigenvalue weighted by molar-refractivity contribution is -0.143. The van der Waals surface area contributed by atoms with Gasteiger partial charge in [-0.2, -0.15) is 0 Å². The standard InChI is InChI=1S/C16H19N3O3S/c1-18(2)16(22)13-8-23-9-19(13)15(21)11-7-14(20)17-12-6-4-3-5-10(11)12/h3-6,11,13H,7-9H2,1-2H3,(H,17,20)/t11-,13+/m1/s1. The molecule has 0 radical (unpaired) electrons. The molecular weight excluding hydrogens is 314 g/mol. The summed E-state index contributed by atoms with van der Waals surface area (Å²) < 4.78 is 0. The summed E-state index contributed by atoms with van der Waals surface area (Å²) in [5.74, 6) is 0.196. The maximum atomic E-state index is 13.0. The number of likely N-dealkylation sites (N-methyl/N-ethyl adjacent to an activating group) is 1. The minimum Gasteiger partial charge on any atom is -0.347 e. The van der Waals surface area contributed by atoms with Gasteiger partial charge in [-0.3, -0.25) is 14.4 Å². The second-order valence-electron chi connectivity index (χ2n) is 5.95. The predicted molar refractivity (Wildman–Crippen MR) is 89.1 cm³/mol. The van der Waals surface area contributed by atoms with Crippen LogP contribution in [0.1, 0.15) is 17.9 Å². The Bertz CT molecular complexity index is 662. The zero-order chi connectivity index (χ0) is 16.6. The van der Waals surface area contributed by atoms with Gasteiger partial charge in [0.2, 0.25) is 17.7 Å². The van der Waals surface area contributed by atoms with Gasteiger partial charge in [-0.15, -0.1) is 11.8 Å². The van der Waals surface area contributed by atoms with Crippen LogP contribution in [-0.2, 0) is 14.4 Å². The van der Waals surface area contributed by atoms with Crippen molar-refractivity contribution in [3.63, 3.8) is 0 Å². The second kappa shape index (κ2) is 6.23. The fourth-order valence-electron chi connectivity index (χ4n) is 2.99. The Kier molecular flexibility index (Phi) is 4.30. The van der Waals surface area contributed by atoms with E-state index in [1.807, 2.05) is 18.2 Å². The first kappa shape index (κ1) is 15.9. The molecule has 1 aromatic carbocycles. The highest BCUT2D eigenvalue weighted by Crippen LogP contribution is 2.35. The van der Waals surface area contributed by atoms with Crippen molar-refractivity contribution < 1.29 is 14.4 Å². The topological polar surface area (TPSA) is 69.7 Å². The number of benzene rings is 1. The summed E-state index contributed by atoms with van der Waals surface area (Å²) in [7, 11) is 3.38. The number of rotatable bonds is 2. The van der Waals surface area contributed by atoms with Gasteiger partial charge < -0.3 is 15.1 Å². The first-order valence-corrected chi connectivity index (χ1v) is 8.62. The monoisotopic (exact) mass is 333 g/mol. The zero-order valence-electron chi connectivity index (χ0n) is 13.1. The van der Waals surface area contributed by atoms with Crippen molar-refractivity contribution in [3.8, 4) is 0 Å². The van der Waals surface area contributed by atoms with E-state index in [4.69, 9.17) is 0 Å². The van der Waals surface area contributed by atoms with Crippen LogP contribution in [0.15, 0.2) is 24.3 Å². The molecule has 0 spiro atoms. The quantitative estimate of drug-likeness (QED) is 0.880. The number of nitrogens with zero attached hydrogens (tertiary/aromatic N) is 2. The Morgan fingerprint density at radius 1 is 1.30 bits per heavy atom. The van der Waals surface area contributed by atoms with Gasteiger partial charge >= 0.3 is 0 Å². The lowest BCUT2D eigenvalue weighted by Gasteiger charge is -2.31. The van der Waals surface area contributed by atoms with Gasteiger partial charge in [-0.25, -0.2) is 0 Å². The van der Waals surface area contributed by atoms with Crippen LogP contribution in [0.3, 0.4) is 0 Å². The molecule has 122 valence electrons. The van der Waals surface area contributed by atoms with E-state index in [0.717, 1.165) is 5.56 Å². The van der Waals surface area contributed by atoms with E-state index >= 15 is 0 Å². The fraction of sp³-hybridized carbons (Fsp3) is 0.438. The van der Waals surface area contributed by atoms with Crippen LogP contribution in [0.2, 0.25) is 0 Å². The molecule has 0 aromatic heterocycles. The first-order chi connectivity index (χ1) is 11.0. The molecule has 0 aliphatic carbocycles. The molecule has 1 fully saturated rings. The molecule has 0 unspecified atom stereocenters. The highest BCUT2D eigenvalue weighted by molar-refractivity contribution is 7.99. The van der Waals surface area contributed by atoms with Crippen molar-refractivity contribution in [2.24, 2.45) is 0 Å². The average Bonchev–Trinajstić information content (AvgIpc) is 3.01. The van der Waals surface area contributed by atoms with Gasteiger partial charge in [0.1, 0.15) is 6.04 Å². The Labute approximate surface area is 139 Å². The average molecular weight is 333 g/mol. The number of thioether (sulfide) groups is 1. The maximum Gasteiger partial charge on any atom is 0.245 e. The Hall–Kier alpha value is -2.02. The summed E-state index contributed by atoms with van der Waals surface area (Å²) in [5.41, 5.74) is 1.51. The third-order valence-electron chi connectivity index (χ3n) is 4.19. The summed E-state index contributed by atoms with van der Waals surface area (Å²) in [6.07, 6.45) is 0.125. The van der Waals surface area contributed by atoms with Crippen LogP contribution in [0.5, 0.6) is 0 Å². The minimum atomic E-state index is -0.517. The molecule has 3 amide bonds. The van der Waals surface area contributed by atoms with Crippen LogP contribution in [-0.4, -0.2) is 59.3 Å². The molecule has 2 heterocycles. The molecular formula is C16H19N3O3S. The van der Waals surface area contributed by atoms with Gasteiger partial charge in [0, 0.05) is 32.0 Å². The molecule has 6 nitrogen and oxygen atoms in total. The van der Waals surface area contributed by atoms with Crippen LogP contribution < -0.4 is 5.32 Å². The van der Waals surface area contributed by atoms with Crippen LogP contribution in [0.25, 0.3) is 0 Å². The van der Waals surface area contributed by atoms with Crippen molar-refractivity contribution in [2.75, 3.05) is 31.0 Å². The Balaban J connectivity index is 1.88. The number of nitrogens with one attached hydrogen (secondary N) is 1. The number of carbonyl (C=O) groups excluding carboxylic acids is 3. The predicted octanol–water partition coefficient (Wildman–Crippen LogP) is 1.10. The van der Waals surface area contributed by atoms with Crippen molar-refractivity contribution in [1.29, 1.82) is 0 Å². The molecule has 0 bridgehead atoms. The molecule has 1 N–H and O–H groups in total. The second-order valence-corrected chi connectivity index (χ2v) is 6.95. The molecule has 2 aliphatic rings. The summed E-state index contributed by atoms with van der Waals surface area (Å²) in [6.45, 7) is 0. The van der Waals surface area contributed by atoms with E-state index in [1.54, 1.807) is 36.8 Å². The lowest BCUT2D eigenvalue weighted by atomic mass is 9.89. The number of anilines is 1. The number of hydrogen-bond donors (Lipinski definition) is 1. The van der Waals surface area contributed by atoms with Crippen molar-refractivity contribution in [3.05, 3.63) is 29.8 Å². The minimum absolute atomic E-state index is 0.0723. The Morgan fingerprint density at radius 3 is 2.78 bits per heavy atom. The van der Waals surface area contributed by atoms with Crippen molar-refractivity contribution in [1.82, 2.24) is 9.80 Å². The largest absolute Gasteiger partial charge is 0.347 e. The molecule has 7 heteroatoms. The van der Waals surface area contributed by atoms with Crippen LogP contribution in [0.4, 0.5) is 5.69 Å². The molecule has 1 saturated heterocycles. The van der Waals surface area contributed by atoms with E-state index in [9.17, 15) is 14.4 Å². The number of fused-ring (bicyclic) bond motifs is 1. The van der Waals surface area contributed by atoms with Gasteiger partial charge in [-0.1, -0.05) is 18.2 Å². The van der Waals surface area contributed by atoms with Crippen LogP contribution in [0, 0.1) is 0 Å². The highest BCUT2D eigenvalue weighted by Gasteiger charge is 2.41. The van der Waals surface area contributed by atoms with Crippen molar-refractivity contribution >= 4 is 35.2 Å². The summed E-state index contributed by atoms with van der Waals surface area (Å²) >= 11 is 1.57. The molecule has 23 heavy (non-hydrogen) atoms. The number of carbonyl (C=O) groups is 3. The first-order valence-electron chi connectivity index (χ1n) is 7.47. The van der Waals surface area contributed by atoms with Gasteiger partial charge in [-0.05, 0) is 11.6 Å². The smallest absolute Gasteiger partial charge is 0.245 e. The van der Waals surface area contributed by atoms with Gasteiger partial charge in [0.25, 0.3) is 0 Å². The van der Waals surface area contributed by atoms with E-state index in [0.29, 0.717) is 17.3 Å². The number of para-hydroxylation sites is 1. The molecule has 0 saturated carbocycles. The van der Waals surface area contributed by atoms with Crippen LogP contribution >= 0.6 is 11.8 Å². The summed E-state index contributed by atoms with van der Waals surface area (Å²) in [4.78, 5) is 40.3. The summed E-state index contributed by atoms with van der Waals surface area (Å²) in [6, 6.07) is 6.91. The van der Waals surface area contributed by atoms with E-state index < -0.39 is 12.0 Å². The van der Waals surface area contributed by atoms with Crippen molar-refractivity contribution in [2.45, 2.75) is 18.4 Å². The summed E-state index contributed by atoms with van der Waals surface area (Å²) in [5, 5.41) is 2.80. The fourth-order valence-corrected chi connectivity index (χ4v) is 4.15. The van der Waals surface area contributed by atoms with E-state index in [1.165, 1.54) is 4.90 Å². The molecule has 3 rings (SSSR count). The zero-order valence-corrected chi connectivity index (χ0v) is 13.9.